The van der Waals surface area contributed by atoms with Crippen LogP contribution < -0.4 is 4.90 Å². The molecule has 0 atom stereocenters. The monoisotopic (exact) mass is 374 g/mol. The highest BCUT2D eigenvalue weighted by Crippen LogP contribution is 2.30. The standard InChI is InChI=1S/C24H30N4/c1-2-6-20(7-3-1)21-10-15-27(16-11-21)23-9-8-22-12-17-28(24(22)25-23)19-18-26-13-4-5-14-26/h1-3,6-9,12,17,21H,4-5,10-11,13-16,18-19H2. The lowest BCUT2D eigenvalue weighted by Crippen LogP contribution is -2.33. The zero-order valence-electron chi connectivity index (χ0n) is 16.6. The summed E-state index contributed by atoms with van der Waals surface area (Å²) in [4.78, 5) is 10.1. The third kappa shape index (κ3) is 3.66. The van der Waals surface area contributed by atoms with Crippen molar-refractivity contribution in [3.05, 3.63) is 60.3 Å². The predicted octanol–water partition coefficient (Wildman–Crippen LogP) is 4.52. The molecule has 2 aromatic heterocycles. The number of nitrogens with zero attached hydrogens (tertiary/aromatic N) is 4. The van der Waals surface area contributed by atoms with Gasteiger partial charge in [-0.15, -0.1) is 0 Å². The van der Waals surface area contributed by atoms with Crippen molar-refractivity contribution in [3.63, 3.8) is 0 Å². The van der Waals surface area contributed by atoms with E-state index in [-0.39, 0.29) is 0 Å². The molecule has 1 aromatic carbocycles. The Labute approximate surface area is 167 Å². The molecule has 0 saturated carbocycles. The van der Waals surface area contributed by atoms with Gasteiger partial charge in [0, 0.05) is 37.8 Å². The first-order valence-electron chi connectivity index (χ1n) is 10.8. The highest BCUT2D eigenvalue weighted by molar-refractivity contribution is 5.78. The van der Waals surface area contributed by atoms with Gasteiger partial charge in [0.1, 0.15) is 11.5 Å². The lowest BCUT2D eigenvalue weighted by atomic mass is 9.89. The molecule has 5 rings (SSSR count). The van der Waals surface area contributed by atoms with Gasteiger partial charge >= 0.3 is 0 Å². The summed E-state index contributed by atoms with van der Waals surface area (Å²) in [5.41, 5.74) is 2.63. The number of piperidine rings is 1. The molecule has 4 heteroatoms. The molecule has 4 nitrogen and oxygen atoms in total. The Morgan fingerprint density at radius 2 is 1.61 bits per heavy atom. The van der Waals surface area contributed by atoms with Gasteiger partial charge in [0.15, 0.2) is 0 Å². The number of anilines is 1. The van der Waals surface area contributed by atoms with Crippen LogP contribution in [0.3, 0.4) is 0 Å². The van der Waals surface area contributed by atoms with E-state index in [2.05, 4.69) is 69.1 Å². The van der Waals surface area contributed by atoms with Crippen molar-refractivity contribution in [1.82, 2.24) is 14.5 Å². The molecule has 0 bridgehead atoms. The van der Waals surface area contributed by atoms with E-state index in [1.54, 1.807) is 0 Å². The lowest BCUT2D eigenvalue weighted by molar-refractivity contribution is 0.324. The average Bonchev–Trinajstić information content (AvgIpc) is 3.42. The maximum Gasteiger partial charge on any atom is 0.142 e. The van der Waals surface area contributed by atoms with Crippen LogP contribution in [0.15, 0.2) is 54.7 Å². The minimum Gasteiger partial charge on any atom is -0.357 e. The topological polar surface area (TPSA) is 24.3 Å². The predicted molar refractivity (Wildman–Crippen MR) is 116 cm³/mol. The summed E-state index contributed by atoms with van der Waals surface area (Å²) in [5.74, 6) is 1.82. The zero-order valence-corrected chi connectivity index (χ0v) is 16.6. The first-order valence-corrected chi connectivity index (χ1v) is 10.8. The number of hydrogen-bond donors (Lipinski definition) is 0. The molecular formula is C24H30N4. The van der Waals surface area contributed by atoms with Crippen LogP contribution in [-0.2, 0) is 6.54 Å². The molecular weight excluding hydrogens is 344 g/mol. The van der Waals surface area contributed by atoms with E-state index in [1.807, 2.05) is 0 Å². The van der Waals surface area contributed by atoms with E-state index in [0.717, 1.165) is 37.6 Å². The minimum atomic E-state index is 0.686. The van der Waals surface area contributed by atoms with Gasteiger partial charge in [0.25, 0.3) is 0 Å². The molecule has 2 fully saturated rings. The van der Waals surface area contributed by atoms with Crippen molar-refractivity contribution in [2.75, 3.05) is 37.6 Å². The van der Waals surface area contributed by atoms with E-state index in [9.17, 15) is 0 Å². The SMILES string of the molecule is c1ccc(C2CCN(c3ccc4ccn(CCN5CCCC5)c4n3)CC2)cc1. The van der Waals surface area contributed by atoms with Gasteiger partial charge in [0.05, 0.1) is 0 Å². The number of hydrogen-bond acceptors (Lipinski definition) is 3. The minimum absolute atomic E-state index is 0.686. The summed E-state index contributed by atoms with van der Waals surface area (Å²) >= 11 is 0. The van der Waals surface area contributed by atoms with E-state index in [0.29, 0.717) is 5.92 Å². The van der Waals surface area contributed by atoms with Crippen LogP contribution in [0.25, 0.3) is 11.0 Å². The average molecular weight is 375 g/mol. The molecule has 2 aliphatic heterocycles. The molecule has 146 valence electrons. The third-order valence-corrected chi connectivity index (χ3v) is 6.54. The Hall–Kier alpha value is -2.33. The van der Waals surface area contributed by atoms with E-state index in [1.165, 1.54) is 49.7 Å². The fourth-order valence-corrected chi connectivity index (χ4v) is 4.83. The number of pyridine rings is 1. The molecule has 2 saturated heterocycles. The zero-order chi connectivity index (χ0) is 18.8. The Morgan fingerprint density at radius 1 is 0.821 bits per heavy atom. The molecule has 0 radical (unpaired) electrons. The van der Waals surface area contributed by atoms with Crippen molar-refractivity contribution in [2.45, 2.75) is 38.1 Å². The van der Waals surface area contributed by atoms with Crippen molar-refractivity contribution in [1.29, 1.82) is 0 Å². The van der Waals surface area contributed by atoms with Crippen molar-refractivity contribution < 1.29 is 0 Å². The van der Waals surface area contributed by atoms with Crippen molar-refractivity contribution in [3.8, 4) is 0 Å². The Kier molecular flexibility index (Phi) is 5.05. The second-order valence-corrected chi connectivity index (χ2v) is 8.31. The quantitative estimate of drug-likeness (QED) is 0.656. The second kappa shape index (κ2) is 7.96. The fourth-order valence-electron chi connectivity index (χ4n) is 4.83. The Bertz CT molecular complexity index is 903. The summed E-state index contributed by atoms with van der Waals surface area (Å²) in [6, 6.07) is 17.6. The molecule has 0 amide bonds. The number of benzene rings is 1. The highest BCUT2D eigenvalue weighted by Gasteiger charge is 2.22. The molecule has 3 aromatic rings. The summed E-state index contributed by atoms with van der Waals surface area (Å²) in [6.07, 6.45) is 7.33. The largest absolute Gasteiger partial charge is 0.357 e. The molecule has 0 N–H and O–H groups in total. The Morgan fingerprint density at radius 3 is 2.39 bits per heavy atom. The number of fused-ring (bicyclic) bond motifs is 1. The summed E-state index contributed by atoms with van der Waals surface area (Å²) in [6.45, 7) is 6.87. The van der Waals surface area contributed by atoms with Gasteiger partial charge in [-0.1, -0.05) is 30.3 Å². The van der Waals surface area contributed by atoms with E-state index in [4.69, 9.17) is 4.98 Å². The van der Waals surface area contributed by atoms with Crippen LogP contribution in [0.1, 0.15) is 37.2 Å². The molecule has 2 aliphatic rings. The molecule has 28 heavy (non-hydrogen) atoms. The van der Waals surface area contributed by atoms with Crippen LogP contribution in [0.4, 0.5) is 5.82 Å². The van der Waals surface area contributed by atoms with Gasteiger partial charge < -0.3 is 14.4 Å². The molecule has 0 aliphatic carbocycles. The van der Waals surface area contributed by atoms with Gasteiger partial charge in [0.2, 0.25) is 0 Å². The Balaban J connectivity index is 1.27. The van der Waals surface area contributed by atoms with Gasteiger partial charge in [-0.05, 0) is 68.5 Å². The maximum absolute atomic E-state index is 5.07. The fraction of sp³-hybridized carbons (Fsp3) is 0.458. The van der Waals surface area contributed by atoms with Gasteiger partial charge in [-0.2, -0.15) is 0 Å². The molecule has 4 heterocycles. The first kappa shape index (κ1) is 17.7. The smallest absolute Gasteiger partial charge is 0.142 e. The first-order chi connectivity index (χ1) is 13.9. The summed E-state index contributed by atoms with van der Waals surface area (Å²) in [7, 11) is 0. The second-order valence-electron chi connectivity index (χ2n) is 8.31. The maximum atomic E-state index is 5.07. The van der Waals surface area contributed by atoms with E-state index >= 15 is 0 Å². The number of aromatic nitrogens is 2. The van der Waals surface area contributed by atoms with Crippen LogP contribution in [0.2, 0.25) is 0 Å². The normalized spacial score (nSPS) is 18.9. The van der Waals surface area contributed by atoms with Crippen molar-refractivity contribution in [2.24, 2.45) is 0 Å². The highest BCUT2D eigenvalue weighted by atomic mass is 15.2. The molecule has 0 spiro atoms. The van der Waals surface area contributed by atoms with Crippen LogP contribution >= 0.6 is 0 Å². The van der Waals surface area contributed by atoms with E-state index < -0.39 is 0 Å². The summed E-state index contributed by atoms with van der Waals surface area (Å²) < 4.78 is 2.34. The number of rotatable bonds is 5. The lowest BCUT2D eigenvalue weighted by Gasteiger charge is -2.33. The summed E-state index contributed by atoms with van der Waals surface area (Å²) in [5, 5.41) is 1.25. The van der Waals surface area contributed by atoms with Crippen LogP contribution in [0.5, 0.6) is 0 Å². The third-order valence-electron chi connectivity index (χ3n) is 6.54. The molecule has 0 unspecified atom stereocenters. The van der Waals surface area contributed by atoms with Gasteiger partial charge in [-0.3, -0.25) is 0 Å². The van der Waals surface area contributed by atoms with Gasteiger partial charge in [-0.25, -0.2) is 4.98 Å². The number of likely N-dealkylation sites (tertiary alicyclic amines) is 1. The van der Waals surface area contributed by atoms with Crippen LogP contribution in [-0.4, -0.2) is 47.2 Å². The van der Waals surface area contributed by atoms with Crippen molar-refractivity contribution >= 4 is 16.9 Å². The van der Waals surface area contributed by atoms with Crippen LogP contribution in [0, 0.1) is 0 Å².